The van der Waals surface area contributed by atoms with Crippen LogP contribution in [0.25, 0.3) is 22.3 Å². The highest BCUT2D eigenvalue weighted by Gasteiger charge is 2.08. The lowest BCUT2D eigenvalue weighted by Gasteiger charge is -2.08. The molecule has 0 radical (unpaired) electrons. The third-order valence-corrected chi connectivity index (χ3v) is 8.12. The standard InChI is InChI=1S/C42H47NO4/c1-2-3-11-30-45-40-28-24-38(25-29-40)36-18-20-39(21-19-36)42(44)47-32-13-10-8-6-4-5-7-9-12-31-46-41-26-22-37(23-27-41)35-16-14-34(33-43)15-17-35/h2,14-29H,1,3-13,30-32H2. The molecule has 0 unspecified atom stereocenters. The third-order valence-electron chi connectivity index (χ3n) is 8.12. The Kier molecular flexibility index (Phi) is 15.2. The van der Waals surface area contributed by atoms with Crippen molar-refractivity contribution in [3.05, 3.63) is 121 Å². The van der Waals surface area contributed by atoms with Crippen LogP contribution in [0.3, 0.4) is 0 Å². The first-order valence-corrected chi connectivity index (χ1v) is 17.0. The van der Waals surface area contributed by atoms with Gasteiger partial charge in [-0.05, 0) is 96.5 Å². The van der Waals surface area contributed by atoms with Crippen molar-refractivity contribution in [3.8, 4) is 39.8 Å². The van der Waals surface area contributed by atoms with Crippen LogP contribution in [0.15, 0.2) is 110 Å². The first kappa shape index (κ1) is 35.0. The topological polar surface area (TPSA) is 68.6 Å². The maximum absolute atomic E-state index is 12.5. The van der Waals surface area contributed by atoms with Crippen molar-refractivity contribution in [3.63, 3.8) is 0 Å². The number of rotatable bonds is 21. The summed E-state index contributed by atoms with van der Waals surface area (Å²) < 4.78 is 17.2. The van der Waals surface area contributed by atoms with E-state index < -0.39 is 0 Å². The summed E-state index contributed by atoms with van der Waals surface area (Å²) in [6.07, 6.45) is 14.2. The minimum absolute atomic E-state index is 0.260. The van der Waals surface area contributed by atoms with Gasteiger partial charge in [-0.2, -0.15) is 5.26 Å². The fraction of sp³-hybridized carbons (Fsp3) is 0.333. The average molecular weight is 630 g/mol. The van der Waals surface area contributed by atoms with Gasteiger partial charge in [-0.15, -0.1) is 6.58 Å². The van der Waals surface area contributed by atoms with Gasteiger partial charge in [-0.3, -0.25) is 0 Å². The summed E-state index contributed by atoms with van der Waals surface area (Å²) in [6, 6.07) is 33.5. The Balaban J connectivity index is 0.977. The fourth-order valence-corrected chi connectivity index (χ4v) is 5.32. The molecule has 0 spiro atoms. The molecule has 0 N–H and O–H groups in total. The van der Waals surface area contributed by atoms with E-state index in [1.165, 1.54) is 38.5 Å². The normalized spacial score (nSPS) is 10.6. The molecule has 0 aromatic heterocycles. The number of hydrogen-bond donors (Lipinski definition) is 0. The summed E-state index contributed by atoms with van der Waals surface area (Å²) in [5, 5.41) is 8.95. The second kappa shape index (κ2) is 20.3. The minimum Gasteiger partial charge on any atom is -0.494 e. The van der Waals surface area contributed by atoms with Gasteiger partial charge in [0.1, 0.15) is 11.5 Å². The Morgan fingerprint density at radius 3 is 1.43 bits per heavy atom. The molecule has 0 saturated heterocycles. The number of unbranched alkanes of at least 4 members (excludes halogenated alkanes) is 9. The zero-order chi connectivity index (χ0) is 32.9. The van der Waals surface area contributed by atoms with Gasteiger partial charge in [0, 0.05) is 0 Å². The molecule has 0 fully saturated rings. The maximum Gasteiger partial charge on any atom is 0.338 e. The number of esters is 1. The van der Waals surface area contributed by atoms with Crippen molar-refractivity contribution in [2.45, 2.75) is 70.6 Å². The predicted molar refractivity (Wildman–Crippen MR) is 191 cm³/mol. The van der Waals surface area contributed by atoms with E-state index in [2.05, 4.69) is 24.8 Å². The molecule has 5 heteroatoms. The van der Waals surface area contributed by atoms with E-state index in [0.717, 1.165) is 72.5 Å². The molecule has 0 aliphatic heterocycles. The second-order valence-corrected chi connectivity index (χ2v) is 11.8. The van der Waals surface area contributed by atoms with Crippen LogP contribution in [0.5, 0.6) is 11.5 Å². The number of carbonyl (C=O) groups excluding carboxylic acids is 1. The molecule has 4 rings (SSSR count). The number of allylic oxidation sites excluding steroid dienone is 1. The van der Waals surface area contributed by atoms with Gasteiger partial charge < -0.3 is 14.2 Å². The molecule has 0 heterocycles. The van der Waals surface area contributed by atoms with E-state index in [4.69, 9.17) is 19.5 Å². The lowest BCUT2D eigenvalue weighted by molar-refractivity contribution is 0.0497. The highest BCUT2D eigenvalue weighted by atomic mass is 16.5. The van der Waals surface area contributed by atoms with Gasteiger partial charge in [-0.25, -0.2) is 4.79 Å². The van der Waals surface area contributed by atoms with Crippen LogP contribution < -0.4 is 9.47 Å². The Morgan fingerprint density at radius 1 is 0.553 bits per heavy atom. The molecule has 244 valence electrons. The number of benzene rings is 4. The van der Waals surface area contributed by atoms with Crippen molar-refractivity contribution < 1.29 is 19.0 Å². The lowest BCUT2D eigenvalue weighted by Crippen LogP contribution is -2.06. The molecule has 0 amide bonds. The smallest absolute Gasteiger partial charge is 0.338 e. The Hall–Kier alpha value is -4.82. The monoisotopic (exact) mass is 629 g/mol. The highest BCUT2D eigenvalue weighted by Crippen LogP contribution is 2.24. The summed E-state index contributed by atoms with van der Waals surface area (Å²) in [5.74, 6) is 1.49. The Labute approximate surface area is 280 Å². The molecule has 0 aliphatic carbocycles. The van der Waals surface area contributed by atoms with Crippen LogP contribution in [0.2, 0.25) is 0 Å². The van der Waals surface area contributed by atoms with E-state index in [1.54, 1.807) is 0 Å². The zero-order valence-electron chi connectivity index (χ0n) is 27.5. The van der Waals surface area contributed by atoms with Gasteiger partial charge in [0.2, 0.25) is 0 Å². The van der Waals surface area contributed by atoms with Gasteiger partial charge in [-0.1, -0.05) is 99.6 Å². The van der Waals surface area contributed by atoms with E-state index in [-0.39, 0.29) is 5.97 Å². The molecule has 0 aliphatic rings. The molecule has 4 aromatic rings. The number of carbonyl (C=O) groups is 1. The highest BCUT2D eigenvalue weighted by molar-refractivity contribution is 5.90. The van der Waals surface area contributed by atoms with Crippen molar-refractivity contribution in [2.75, 3.05) is 19.8 Å². The minimum atomic E-state index is -0.260. The van der Waals surface area contributed by atoms with Crippen LogP contribution in [0.1, 0.15) is 86.6 Å². The first-order chi connectivity index (χ1) is 23.2. The first-order valence-electron chi connectivity index (χ1n) is 17.0. The molecule has 0 bridgehead atoms. The quantitative estimate of drug-likeness (QED) is 0.0521. The van der Waals surface area contributed by atoms with Crippen LogP contribution >= 0.6 is 0 Å². The molecule has 0 saturated carbocycles. The van der Waals surface area contributed by atoms with Crippen molar-refractivity contribution in [1.82, 2.24) is 0 Å². The molecular weight excluding hydrogens is 582 g/mol. The third kappa shape index (κ3) is 12.5. The number of nitrogens with zero attached hydrogens (tertiary/aromatic N) is 1. The zero-order valence-corrected chi connectivity index (χ0v) is 27.5. The van der Waals surface area contributed by atoms with Gasteiger partial charge in [0.15, 0.2) is 0 Å². The lowest BCUT2D eigenvalue weighted by atomic mass is 10.0. The second-order valence-electron chi connectivity index (χ2n) is 11.8. The summed E-state index contributed by atoms with van der Waals surface area (Å²) >= 11 is 0. The van der Waals surface area contributed by atoms with Crippen LogP contribution in [-0.2, 0) is 4.74 Å². The maximum atomic E-state index is 12.5. The van der Waals surface area contributed by atoms with Crippen LogP contribution in [0.4, 0.5) is 0 Å². The summed E-state index contributed by atoms with van der Waals surface area (Å²) in [5.41, 5.74) is 5.59. The Morgan fingerprint density at radius 2 is 0.957 bits per heavy atom. The largest absolute Gasteiger partial charge is 0.494 e. The van der Waals surface area contributed by atoms with Crippen LogP contribution in [-0.4, -0.2) is 25.8 Å². The van der Waals surface area contributed by atoms with E-state index in [0.29, 0.717) is 24.3 Å². The Bertz CT molecular complexity index is 1520. The van der Waals surface area contributed by atoms with E-state index >= 15 is 0 Å². The van der Waals surface area contributed by atoms with E-state index in [9.17, 15) is 4.79 Å². The molecule has 5 nitrogen and oxygen atoms in total. The molecule has 0 atom stereocenters. The van der Waals surface area contributed by atoms with Gasteiger partial charge in [0.05, 0.1) is 37.0 Å². The average Bonchev–Trinajstić information content (AvgIpc) is 3.12. The number of hydrogen-bond acceptors (Lipinski definition) is 5. The molecule has 4 aromatic carbocycles. The molecule has 47 heavy (non-hydrogen) atoms. The summed E-state index contributed by atoms with van der Waals surface area (Å²) in [7, 11) is 0. The number of nitriles is 1. The van der Waals surface area contributed by atoms with Crippen LogP contribution in [0, 0.1) is 11.3 Å². The van der Waals surface area contributed by atoms with Gasteiger partial charge in [0.25, 0.3) is 0 Å². The predicted octanol–water partition coefficient (Wildman–Crippen LogP) is 11.0. The summed E-state index contributed by atoms with van der Waals surface area (Å²) in [6.45, 7) is 5.62. The fourth-order valence-electron chi connectivity index (χ4n) is 5.32. The molecular formula is C42H47NO4. The van der Waals surface area contributed by atoms with Gasteiger partial charge >= 0.3 is 5.97 Å². The number of ether oxygens (including phenoxy) is 3. The van der Waals surface area contributed by atoms with E-state index in [1.807, 2.05) is 91.0 Å². The van der Waals surface area contributed by atoms with Crippen molar-refractivity contribution in [2.24, 2.45) is 0 Å². The van der Waals surface area contributed by atoms with Crippen molar-refractivity contribution >= 4 is 5.97 Å². The summed E-state index contributed by atoms with van der Waals surface area (Å²) in [4.78, 5) is 12.5. The SMILES string of the molecule is C=CCCCOc1ccc(-c2ccc(C(=O)OCCCCCCCCCCCOc3ccc(-c4ccc(C#N)cc4)cc3)cc2)cc1. The van der Waals surface area contributed by atoms with Crippen molar-refractivity contribution in [1.29, 1.82) is 5.26 Å².